The Labute approximate surface area is 198 Å². The van der Waals surface area contributed by atoms with Crippen LogP contribution in [0.25, 0.3) is 4.85 Å². The Balaban J connectivity index is 0.00000512. The molecular weight excluding hydrogens is 455 g/mol. The van der Waals surface area contributed by atoms with Crippen molar-refractivity contribution in [2.24, 2.45) is 5.16 Å². The van der Waals surface area contributed by atoms with Crippen molar-refractivity contribution < 1.29 is 47.3 Å². The molecule has 0 fully saturated rings. The molecule has 1 aliphatic rings. The molecule has 1 aromatic carbocycles. The predicted molar refractivity (Wildman–Crippen MR) is 112 cm³/mol. The molecule has 1 aromatic rings. The molecule has 0 saturated carbocycles. The van der Waals surface area contributed by atoms with E-state index in [-0.39, 0.29) is 44.0 Å². The van der Waals surface area contributed by atoms with Crippen molar-refractivity contribution in [2.45, 2.75) is 44.8 Å². The van der Waals surface area contributed by atoms with Crippen LogP contribution in [-0.4, -0.2) is 56.1 Å². The number of carbonyl (C=O) groups excluding carboxylic acids is 3. The van der Waals surface area contributed by atoms with Crippen LogP contribution in [0, 0.1) is 6.57 Å². The van der Waals surface area contributed by atoms with Gasteiger partial charge in [0, 0.05) is 31.5 Å². The first kappa shape index (κ1) is 27.0. The van der Waals surface area contributed by atoms with E-state index in [2.05, 4.69) is 25.4 Å². The number of methoxy groups -OCH3 is 1. The molecule has 1 aliphatic heterocycles. The van der Waals surface area contributed by atoms with Gasteiger partial charge in [-0.2, -0.15) is 0 Å². The van der Waals surface area contributed by atoms with Crippen molar-refractivity contribution in [2.75, 3.05) is 20.3 Å². The summed E-state index contributed by atoms with van der Waals surface area (Å²) in [6.07, 6.45) is 0.848. The van der Waals surface area contributed by atoms with Gasteiger partial charge < -0.3 is 24.9 Å². The minimum Gasteiger partial charge on any atom is -0.467 e. The fourth-order valence-corrected chi connectivity index (χ4v) is 2.76. The van der Waals surface area contributed by atoms with E-state index in [4.69, 9.17) is 16.1 Å². The van der Waals surface area contributed by atoms with Gasteiger partial charge in [-0.3, -0.25) is 4.79 Å². The number of benzene rings is 1. The Bertz CT molecular complexity index is 853. The first-order chi connectivity index (χ1) is 15.0. The number of esters is 1. The van der Waals surface area contributed by atoms with Gasteiger partial charge in [-0.05, 0) is 12.0 Å². The van der Waals surface area contributed by atoms with Crippen LogP contribution < -0.4 is 10.6 Å². The normalized spacial score (nSPS) is 15.2. The van der Waals surface area contributed by atoms with Crippen molar-refractivity contribution >= 4 is 29.4 Å². The molecule has 0 bridgehead atoms. The SMILES string of the molecule is [C-]#[N+]c1ccc(C2=NO[C@@H](CC(=O)NCC(NC(=O)OCCCC)C(=O)OC)C2)cc1.[V]. The fourth-order valence-electron chi connectivity index (χ4n) is 2.76. The number of ether oxygens (including phenoxy) is 2. The summed E-state index contributed by atoms with van der Waals surface area (Å²) in [7, 11) is 1.19. The van der Waals surface area contributed by atoms with Crippen LogP contribution in [0.15, 0.2) is 29.4 Å². The standard InChI is InChI=1S/C21H26N4O6.V/c1-4-5-10-30-21(28)24-18(20(27)29-3)13-23-19(26)12-16-11-17(25-31-16)14-6-8-15(22-2)9-7-14;/h6-9,16,18H,4-5,10-13H2,1,3H3,(H,23,26)(H,24,28);/t16-,18?;/m1./s1. The van der Waals surface area contributed by atoms with Crippen LogP contribution in [0.5, 0.6) is 0 Å². The zero-order valence-electron chi connectivity index (χ0n) is 18.0. The van der Waals surface area contributed by atoms with Crippen LogP contribution in [0.3, 0.4) is 0 Å². The molecule has 1 unspecified atom stereocenters. The molecule has 0 aliphatic carbocycles. The van der Waals surface area contributed by atoms with Crippen molar-refractivity contribution in [1.82, 2.24) is 10.6 Å². The molecule has 171 valence electrons. The summed E-state index contributed by atoms with van der Waals surface area (Å²) in [6.45, 7) is 9.04. The quantitative estimate of drug-likeness (QED) is 0.301. The third-order valence-corrected chi connectivity index (χ3v) is 4.49. The molecule has 2 rings (SSSR count). The van der Waals surface area contributed by atoms with Gasteiger partial charge in [-0.15, -0.1) is 0 Å². The summed E-state index contributed by atoms with van der Waals surface area (Å²) in [5, 5.41) is 9.00. The number of nitrogens with one attached hydrogen (secondary N) is 2. The van der Waals surface area contributed by atoms with Gasteiger partial charge in [-0.1, -0.05) is 42.8 Å². The smallest absolute Gasteiger partial charge is 0.407 e. The van der Waals surface area contributed by atoms with Crippen molar-refractivity contribution in [3.05, 3.63) is 41.2 Å². The second kappa shape index (κ2) is 14.1. The predicted octanol–water partition coefficient (Wildman–Crippen LogP) is 2.30. The van der Waals surface area contributed by atoms with Crippen LogP contribution in [-0.2, 0) is 42.5 Å². The van der Waals surface area contributed by atoms with Gasteiger partial charge in [0.15, 0.2) is 5.69 Å². The van der Waals surface area contributed by atoms with E-state index in [1.807, 2.05) is 6.92 Å². The molecule has 1 heterocycles. The van der Waals surface area contributed by atoms with E-state index in [9.17, 15) is 14.4 Å². The van der Waals surface area contributed by atoms with Crippen molar-refractivity contribution in [1.29, 1.82) is 0 Å². The minimum absolute atomic E-state index is 0. The number of rotatable bonds is 10. The summed E-state index contributed by atoms with van der Waals surface area (Å²) < 4.78 is 9.63. The molecule has 2 N–H and O–H groups in total. The second-order valence-electron chi connectivity index (χ2n) is 6.85. The first-order valence-electron chi connectivity index (χ1n) is 9.95. The van der Waals surface area contributed by atoms with E-state index in [1.165, 1.54) is 7.11 Å². The zero-order valence-corrected chi connectivity index (χ0v) is 19.4. The van der Waals surface area contributed by atoms with Crippen molar-refractivity contribution in [3.8, 4) is 0 Å². The summed E-state index contributed by atoms with van der Waals surface area (Å²) >= 11 is 0. The van der Waals surface area contributed by atoms with Crippen LogP contribution >= 0.6 is 0 Å². The van der Waals surface area contributed by atoms with Crippen molar-refractivity contribution in [3.63, 3.8) is 0 Å². The number of nitrogens with zero attached hydrogens (tertiary/aromatic N) is 2. The Hall–Kier alpha value is -3.03. The van der Waals surface area contributed by atoms with Gasteiger partial charge in [0.2, 0.25) is 5.91 Å². The van der Waals surface area contributed by atoms with Crippen LogP contribution in [0.2, 0.25) is 0 Å². The summed E-state index contributed by atoms with van der Waals surface area (Å²) in [4.78, 5) is 44.6. The van der Waals surface area contributed by atoms with E-state index >= 15 is 0 Å². The Morgan fingerprint density at radius 1 is 1.31 bits per heavy atom. The summed E-state index contributed by atoms with van der Waals surface area (Å²) in [6, 6.07) is 5.88. The fraction of sp³-hybridized carbons (Fsp3) is 0.476. The Kier molecular flexibility index (Phi) is 11.9. The molecule has 2 amide bonds. The van der Waals surface area contributed by atoms with E-state index < -0.39 is 24.2 Å². The molecule has 10 nitrogen and oxygen atoms in total. The largest absolute Gasteiger partial charge is 0.467 e. The topological polar surface area (TPSA) is 120 Å². The number of amides is 2. The molecule has 11 heteroatoms. The average Bonchev–Trinajstić information content (AvgIpc) is 3.24. The molecule has 2 atom stereocenters. The third kappa shape index (κ3) is 8.61. The number of alkyl carbamates (subject to hydrolysis) is 1. The van der Waals surface area contributed by atoms with E-state index in [0.29, 0.717) is 24.2 Å². The summed E-state index contributed by atoms with van der Waals surface area (Å²) in [5.41, 5.74) is 2.05. The molecule has 0 spiro atoms. The number of hydrogen-bond donors (Lipinski definition) is 2. The maximum Gasteiger partial charge on any atom is 0.407 e. The van der Waals surface area contributed by atoms with Gasteiger partial charge >= 0.3 is 12.1 Å². The molecular formula is C21H26N4O6V. The Morgan fingerprint density at radius 3 is 2.66 bits per heavy atom. The molecule has 0 saturated heterocycles. The maximum atomic E-state index is 12.3. The van der Waals surface area contributed by atoms with Gasteiger partial charge in [0.05, 0.1) is 32.4 Å². The van der Waals surface area contributed by atoms with E-state index in [1.54, 1.807) is 24.3 Å². The van der Waals surface area contributed by atoms with Gasteiger partial charge in [0.25, 0.3) is 0 Å². The number of hydrogen-bond acceptors (Lipinski definition) is 7. The minimum atomic E-state index is -1.07. The number of unbranched alkanes of at least 4 members (excludes halogenated alkanes) is 1. The second-order valence-corrected chi connectivity index (χ2v) is 6.85. The monoisotopic (exact) mass is 481 g/mol. The van der Waals surface area contributed by atoms with Crippen LogP contribution in [0.4, 0.5) is 10.5 Å². The maximum absolute atomic E-state index is 12.3. The van der Waals surface area contributed by atoms with Crippen LogP contribution in [0.1, 0.15) is 38.2 Å². The third-order valence-electron chi connectivity index (χ3n) is 4.49. The van der Waals surface area contributed by atoms with Gasteiger partial charge in [0.1, 0.15) is 12.1 Å². The molecule has 0 aromatic heterocycles. The summed E-state index contributed by atoms with van der Waals surface area (Å²) in [5.74, 6) is -1.06. The number of carbonyl (C=O) groups is 3. The van der Waals surface area contributed by atoms with E-state index in [0.717, 1.165) is 12.0 Å². The zero-order chi connectivity index (χ0) is 22.6. The average molecular weight is 481 g/mol. The Morgan fingerprint density at radius 2 is 2.03 bits per heavy atom. The molecule has 1 radical (unpaired) electrons. The molecule has 32 heavy (non-hydrogen) atoms. The first-order valence-corrected chi connectivity index (χ1v) is 9.95. The van der Waals surface area contributed by atoms with Gasteiger partial charge in [-0.25, -0.2) is 14.4 Å². The number of oxime groups is 1.